The summed E-state index contributed by atoms with van der Waals surface area (Å²) in [5.74, 6) is -0.283. The number of halogens is 1. The van der Waals surface area contributed by atoms with E-state index in [0.717, 1.165) is 52.9 Å². The number of rotatable bonds is 5. The van der Waals surface area contributed by atoms with Gasteiger partial charge in [-0.25, -0.2) is 4.79 Å². The van der Waals surface area contributed by atoms with Crippen LogP contribution in [0.2, 0.25) is 0 Å². The van der Waals surface area contributed by atoms with E-state index in [1.165, 1.54) is 23.8 Å². The summed E-state index contributed by atoms with van der Waals surface area (Å²) in [6, 6.07) is 5.85. The zero-order chi connectivity index (χ0) is 21.8. The van der Waals surface area contributed by atoms with Crippen molar-refractivity contribution in [3.63, 3.8) is 0 Å². The topological polar surface area (TPSA) is 42.4 Å². The first kappa shape index (κ1) is 22.4. The SMILES string of the molecule is COC(=O)c1cc(C)c(C2=CCN(C/C(C)=C/c3c(Br)ccnc3C)CC2)c(C)c1. The third-order valence-corrected chi connectivity index (χ3v) is 6.26. The molecule has 0 atom stereocenters. The predicted octanol–water partition coefficient (Wildman–Crippen LogP) is 5.75. The monoisotopic (exact) mass is 468 g/mol. The summed E-state index contributed by atoms with van der Waals surface area (Å²) in [7, 11) is 1.42. The molecular formula is C25H29BrN2O2. The first-order valence-corrected chi connectivity index (χ1v) is 11.0. The van der Waals surface area contributed by atoms with Crippen molar-refractivity contribution in [3.8, 4) is 0 Å². The Morgan fingerprint density at radius 1 is 1.27 bits per heavy atom. The average molecular weight is 469 g/mol. The molecule has 0 amide bonds. The summed E-state index contributed by atoms with van der Waals surface area (Å²) in [5.41, 5.74) is 9.01. The molecule has 0 radical (unpaired) electrons. The number of carbonyl (C=O) groups excluding carboxylic acids is 1. The molecule has 0 spiro atoms. The van der Waals surface area contributed by atoms with Crippen LogP contribution in [0.1, 0.15) is 51.7 Å². The minimum atomic E-state index is -0.283. The van der Waals surface area contributed by atoms with Gasteiger partial charge in [-0.1, -0.05) is 33.7 Å². The average Bonchev–Trinajstić information content (AvgIpc) is 2.71. The summed E-state index contributed by atoms with van der Waals surface area (Å²) < 4.78 is 5.95. The van der Waals surface area contributed by atoms with Crippen LogP contribution in [0.4, 0.5) is 0 Å². The lowest BCUT2D eigenvalue weighted by Gasteiger charge is -2.28. The van der Waals surface area contributed by atoms with Crippen LogP contribution in [0.15, 0.2) is 40.5 Å². The van der Waals surface area contributed by atoms with E-state index in [9.17, 15) is 4.79 Å². The zero-order valence-corrected chi connectivity index (χ0v) is 20.0. The Kier molecular flexibility index (Phi) is 7.27. The molecule has 4 nitrogen and oxygen atoms in total. The van der Waals surface area contributed by atoms with Crippen LogP contribution in [0.25, 0.3) is 11.6 Å². The largest absolute Gasteiger partial charge is 0.465 e. The van der Waals surface area contributed by atoms with Crippen molar-refractivity contribution in [2.24, 2.45) is 0 Å². The molecule has 2 aromatic rings. The number of benzene rings is 1. The van der Waals surface area contributed by atoms with E-state index >= 15 is 0 Å². The van der Waals surface area contributed by atoms with Crippen molar-refractivity contribution in [1.29, 1.82) is 0 Å². The maximum atomic E-state index is 11.9. The molecule has 0 bridgehead atoms. The van der Waals surface area contributed by atoms with Crippen LogP contribution in [-0.2, 0) is 4.74 Å². The molecule has 0 aliphatic carbocycles. The standard InChI is InChI=1S/C25H29BrN2O2/c1-16(12-22-19(4)27-9-6-23(22)26)15-28-10-7-20(8-11-28)24-17(2)13-21(14-18(24)3)25(29)30-5/h6-7,9,12-14H,8,10-11,15H2,1-5H3/b16-12+. The quantitative estimate of drug-likeness (QED) is 0.523. The fourth-order valence-corrected chi connectivity index (χ4v) is 4.67. The van der Waals surface area contributed by atoms with Gasteiger partial charge in [0, 0.05) is 41.6 Å². The second-order valence-electron chi connectivity index (χ2n) is 7.97. The van der Waals surface area contributed by atoms with Crippen molar-refractivity contribution < 1.29 is 9.53 Å². The molecule has 1 aliphatic rings. The van der Waals surface area contributed by atoms with Crippen molar-refractivity contribution in [2.45, 2.75) is 34.1 Å². The highest BCUT2D eigenvalue weighted by Crippen LogP contribution is 2.30. The number of ether oxygens (including phenoxy) is 1. The lowest BCUT2D eigenvalue weighted by Crippen LogP contribution is -2.30. The molecule has 0 saturated heterocycles. The van der Waals surface area contributed by atoms with Gasteiger partial charge in [-0.15, -0.1) is 0 Å². The van der Waals surface area contributed by atoms with E-state index in [4.69, 9.17) is 4.74 Å². The molecule has 0 saturated carbocycles. The number of aromatic nitrogens is 1. The van der Waals surface area contributed by atoms with Gasteiger partial charge >= 0.3 is 5.97 Å². The van der Waals surface area contributed by atoms with Crippen LogP contribution in [-0.4, -0.2) is 42.6 Å². The summed E-state index contributed by atoms with van der Waals surface area (Å²) >= 11 is 3.63. The Labute approximate surface area is 187 Å². The number of aryl methyl sites for hydroxylation is 3. The lowest BCUT2D eigenvalue weighted by molar-refractivity contribution is 0.0600. The lowest BCUT2D eigenvalue weighted by atomic mass is 9.90. The van der Waals surface area contributed by atoms with Crippen LogP contribution in [0.5, 0.6) is 0 Å². The first-order chi connectivity index (χ1) is 14.3. The van der Waals surface area contributed by atoms with E-state index in [0.29, 0.717) is 5.56 Å². The van der Waals surface area contributed by atoms with Gasteiger partial charge in [0.15, 0.2) is 0 Å². The van der Waals surface area contributed by atoms with Crippen molar-refractivity contribution >= 4 is 33.5 Å². The van der Waals surface area contributed by atoms with Gasteiger partial charge in [0.1, 0.15) is 0 Å². The molecule has 0 N–H and O–H groups in total. The molecule has 1 aliphatic heterocycles. The molecule has 0 unspecified atom stereocenters. The minimum Gasteiger partial charge on any atom is -0.465 e. The molecule has 1 aromatic heterocycles. The van der Waals surface area contributed by atoms with Gasteiger partial charge in [0.25, 0.3) is 0 Å². The smallest absolute Gasteiger partial charge is 0.337 e. The number of hydrogen-bond acceptors (Lipinski definition) is 4. The normalized spacial score (nSPS) is 15.1. The van der Waals surface area contributed by atoms with Crippen LogP contribution >= 0.6 is 15.9 Å². The van der Waals surface area contributed by atoms with E-state index in [2.05, 4.69) is 58.7 Å². The van der Waals surface area contributed by atoms with Gasteiger partial charge in [-0.3, -0.25) is 9.88 Å². The van der Waals surface area contributed by atoms with E-state index in [-0.39, 0.29) is 5.97 Å². The highest BCUT2D eigenvalue weighted by atomic mass is 79.9. The van der Waals surface area contributed by atoms with Crippen molar-refractivity contribution in [2.75, 3.05) is 26.7 Å². The number of hydrogen-bond donors (Lipinski definition) is 0. The van der Waals surface area contributed by atoms with Gasteiger partial charge in [-0.2, -0.15) is 0 Å². The maximum Gasteiger partial charge on any atom is 0.337 e. The van der Waals surface area contributed by atoms with Crippen molar-refractivity contribution in [3.05, 3.63) is 74.0 Å². The van der Waals surface area contributed by atoms with Crippen LogP contribution in [0.3, 0.4) is 0 Å². The molecular weight excluding hydrogens is 440 g/mol. The first-order valence-electron chi connectivity index (χ1n) is 10.2. The second-order valence-corrected chi connectivity index (χ2v) is 8.83. The highest BCUT2D eigenvalue weighted by molar-refractivity contribution is 9.10. The highest BCUT2D eigenvalue weighted by Gasteiger charge is 2.18. The Bertz CT molecular complexity index is 981. The third kappa shape index (κ3) is 5.08. The number of esters is 1. The molecule has 5 heteroatoms. The molecule has 1 aromatic carbocycles. The fraction of sp³-hybridized carbons (Fsp3) is 0.360. The molecule has 30 heavy (non-hydrogen) atoms. The van der Waals surface area contributed by atoms with Gasteiger partial charge < -0.3 is 4.74 Å². The molecule has 2 heterocycles. The zero-order valence-electron chi connectivity index (χ0n) is 18.4. The van der Waals surface area contributed by atoms with E-state index < -0.39 is 0 Å². The predicted molar refractivity (Wildman–Crippen MR) is 127 cm³/mol. The van der Waals surface area contributed by atoms with Gasteiger partial charge in [0.05, 0.1) is 12.7 Å². The molecule has 0 fully saturated rings. The Morgan fingerprint density at radius 2 is 1.97 bits per heavy atom. The third-order valence-electron chi connectivity index (χ3n) is 5.57. The Balaban J connectivity index is 1.73. The van der Waals surface area contributed by atoms with E-state index in [1.807, 2.05) is 31.3 Å². The van der Waals surface area contributed by atoms with Gasteiger partial charge in [-0.05, 0) is 74.6 Å². The van der Waals surface area contributed by atoms with E-state index in [1.54, 1.807) is 0 Å². The summed E-state index contributed by atoms with van der Waals surface area (Å²) in [6.45, 7) is 11.2. The van der Waals surface area contributed by atoms with Gasteiger partial charge in [0.2, 0.25) is 0 Å². The number of methoxy groups -OCH3 is 1. The molecule has 3 rings (SSSR count). The van der Waals surface area contributed by atoms with Crippen LogP contribution < -0.4 is 0 Å². The summed E-state index contributed by atoms with van der Waals surface area (Å²) in [4.78, 5) is 18.7. The second kappa shape index (κ2) is 9.71. The molecule has 158 valence electrons. The minimum absolute atomic E-state index is 0.283. The number of carbonyl (C=O) groups is 1. The maximum absolute atomic E-state index is 11.9. The fourth-order valence-electron chi connectivity index (χ4n) is 4.15. The van der Waals surface area contributed by atoms with Crippen molar-refractivity contribution in [1.82, 2.24) is 9.88 Å². The number of nitrogens with zero attached hydrogens (tertiary/aromatic N) is 2. The summed E-state index contributed by atoms with van der Waals surface area (Å²) in [6.07, 6.45) is 7.38. The summed E-state index contributed by atoms with van der Waals surface area (Å²) in [5, 5.41) is 0. The Morgan fingerprint density at radius 3 is 2.53 bits per heavy atom. The van der Waals surface area contributed by atoms with Crippen LogP contribution in [0, 0.1) is 20.8 Å². The number of pyridine rings is 1. The Hall–Kier alpha value is -2.24.